The number of fused-ring (bicyclic) bond motifs is 1. The van der Waals surface area contributed by atoms with Crippen LogP contribution in [-0.2, 0) is 19.1 Å². The number of hydrogen-bond acceptors (Lipinski definition) is 5. The van der Waals surface area contributed by atoms with Crippen LogP contribution in [0.3, 0.4) is 0 Å². The van der Waals surface area contributed by atoms with Crippen molar-refractivity contribution in [2.24, 2.45) is 29.6 Å². The van der Waals surface area contributed by atoms with E-state index in [1.165, 1.54) is 0 Å². The minimum Gasteiger partial charge on any atom is -0.466 e. The molecule has 6 atom stereocenters. The molecule has 7 nitrogen and oxygen atoms in total. The first kappa shape index (κ1) is 24.4. The number of rotatable bonds is 10. The van der Waals surface area contributed by atoms with E-state index < -0.39 is 35.8 Å². The van der Waals surface area contributed by atoms with E-state index >= 15 is 0 Å². The summed E-state index contributed by atoms with van der Waals surface area (Å²) < 4.78 is 5.27. The molecule has 1 saturated heterocycles. The van der Waals surface area contributed by atoms with Gasteiger partial charge in [-0.15, -0.1) is 0 Å². The maximum atomic E-state index is 13.6. The molecule has 170 valence electrons. The SMILES string of the molecule is CCCCCNC(=O)[C@@H]1[C@H]2C=C[C@@H](C)[C@@H](C(=O)OCC)[C@H]2C(=O)N1[C@@H](CO)C(C)C. The predicted molar refractivity (Wildman–Crippen MR) is 114 cm³/mol. The summed E-state index contributed by atoms with van der Waals surface area (Å²) in [5.74, 6) is -2.73. The molecule has 2 rings (SSSR count). The van der Waals surface area contributed by atoms with Gasteiger partial charge in [0.25, 0.3) is 0 Å². The fraction of sp³-hybridized carbons (Fsp3) is 0.783. The molecule has 0 aromatic carbocycles. The lowest BCUT2D eigenvalue weighted by Crippen LogP contribution is -2.54. The molecule has 0 bridgehead atoms. The van der Waals surface area contributed by atoms with Gasteiger partial charge in [-0.25, -0.2) is 0 Å². The van der Waals surface area contributed by atoms with Crippen LogP contribution in [-0.4, -0.2) is 59.6 Å². The van der Waals surface area contributed by atoms with Crippen molar-refractivity contribution in [2.45, 2.75) is 66.0 Å². The third-order valence-corrected chi connectivity index (χ3v) is 6.43. The summed E-state index contributed by atoms with van der Waals surface area (Å²) >= 11 is 0. The minimum absolute atomic E-state index is 0.0306. The highest BCUT2D eigenvalue weighted by atomic mass is 16.5. The van der Waals surface area contributed by atoms with Crippen molar-refractivity contribution < 1.29 is 24.2 Å². The van der Waals surface area contributed by atoms with Crippen molar-refractivity contribution in [1.82, 2.24) is 10.2 Å². The van der Waals surface area contributed by atoms with Gasteiger partial charge >= 0.3 is 5.97 Å². The van der Waals surface area contributed by atoms with Crippen molar-refractivity contribution in [3.8, 4) is 0 Å². The third kappa shape index (κ3) is 4.88. The van der Waals surface area contributed by atoms with E-state index in [0.717, 1.165) is 19.3 Å². The highest BCUT2D eigenvalue weighted by molar-refractivity contribution is 5.96. The van der Waals surface area contributed by atoms with Gasteiger partial charge in [-0.1, -0.05) is 52.7 Å². The summed E-state index contributed by atoms with van der Waals surface area (Å²) in [6.45, 7) is 10.2. The number of aliphatic hydroxyl groups is 1. The lowest BCUT2D eigenvalue weighted by molar-refractivity contribution is -0.156. The second-order valence-electron chi connectivity index (χ2n) is 8.81. The summed E-state index contributed by atoms with van der Waals surface area (Å²) in [6, 6.07) is -1.22. The number of carbonyl (C=O) groups excluding carboxylic acids is 3. The highest BCUT2D eigenvalue weighted by Crippen LogP contribution is 2.45. The van der Waals surface area contributed by atoms with Crippen molar-refractivity contribution >= 4 is 17.8 Å². The van der Waals surface area contributed by atoms with E-state index in [0.29, 0.717) is 6.54 Å². The average Bonchev–Trinajstić information content (AvgIpc) is 2.98. The molecule has 1 heterocycles. The van der Waals surface area contributed by atoms with Gasteiger partial charge in [-0.2, -0.15) is 0 Å². The van der Waals surface area contributed by atoms with E-state index in [1.807, 2.05) is 32.9 Å². The molecule has 0 aromatic rings. The van der Waals surface area contributed by atoms with Crippen LogP contribution in [0.25, 0.3) is 0 Å². The smallest absolute Gasteiger partial charge is 0.310 e. The summed E-state index contributed by atoms with van der Waals surface area (Å²) in [7, 11) is 0. The molecule has 1 aliphatic carbocycles. The number of esters is 1. The van der Waals surface area contributed by atoms with Crippen LogP contribution in [0.5, 0.6) is 0 Å². The zero-order valence-corrected chi connectivity index (χ0v) is 19.0. The molecular formula is C23H38N2O5. The van der Waals surface area contributed by atoms with Crippen LogP contribution >= 0.6 is 0 Å². The Morgan fingerprint density at radius 3 is 2.50 bits per heavy atom. The number of unbranched alkanes of at least 4 members (excludes halogenated alkanes) is 2. The highest BCUT2D eigenvalue weighted by Gasteiger charge is 2.58. The molecule has 0 spiro atoms. The monoisotopic (exact) mass is 422 g/mol. The Morgan fingerprint density at radius 1 is 1.23 bits per heavy atom. The van der Waals surface area contributed by atoms with Crippen LogP contribution in [0, 0.1) is 29.6 Å². The standard InChI is InChI=1S/C23H38N2O5/c1-6-8-9-12-24-21(27)20-16-11-10-15(5)18(23(29)30-7-2)19(16)22(28)25(20)17(13-26)14(3)4/h10-11,14-20,26H,6-9,12-13H2,1-5H3,(H,24,27)/t15-,16+,17+,18-,19+,20+/m1/s1. The molecule has 0 aromatic heterocycles. The maximum absolute atomic E-state index is 13.6. The summed E-state index contributed by atoms with van der Waals surface area (Å²) in [4.78, 5) is 41.1. The van der Waals surface area contributed by atoms with E-state index in [2.05, 4.69) is 12.2 Å². The Labute approximate surface area is 180 Å². The number of hydrogen-bond donors (Lipinski definition) is 2. The first-order valence-corrected chi connectivity index (χ1v) is 11.4. The molecule has 0 saturated carbocycles. The number of ether oxygens (including phenoxy) is 1. The number of likely N-dealkylation sites (tertiary alicyclic amines) is 1. The molecule has 0 unspecified atom stereocenters. The molecule has 7 heteroatoms. The predicted octanol–water partition coefficient (Wildman–Crippen LogP) is 2.14. The number of aliphatic hydroxyl groups excluding tert-OH is 1. The molecule has 2 amide bonds. The van der Waals surface area contributed by atoms with Gasteiger partial charge in [0.2, 0.25) is 11.8 Å². The molecule has 30 heavy (non-hydrogen) atoms. The first-order valence-electron chi connectivity index (χ1n) is 11.4. The van der Waals surface area contributed by atoms with Gasteiger partial charge in [0.1, 0.15) is 6.04 Å². The van der Waals surface area contributed by atoms with E-state index in [4.69, 9.17) is 4.74 Å². The summed E-state index contributed by atoms with van der Waals surface area (Å²) in [6.07, 6.45) is 6.78. The zero-order chi connectivity index (χ0) is 22.4. The number of amides is 2. The molecule has 0 radical (unpaired) electrons. The van der Waals surface area contributed by atoms with Gasteiger partial charge in [-0.3, -0.25) is 14.4 Å². The normalized spacial score (nSPS) is 29.1. The van der Waals surface area contributed by atoms with Crippen molar-refractivity contribution in [1.29, 1.82) is 0 Å². The van der Waals surface area contributed by atoms with Crippen molar-refractivity contribution in [3.05, 3.63) is 12.2 Å². The Morgan fingerprint density at radius 2 is 1.93 bits per heavy atom. The number of carbonyl (C=O) groups is 3. The van der Waals surface area contributed by atoms with Crippen LogP contribution in [0.1, 0.15) is 53.9 Å². The minimum atomic E-state index is -0.732. The van der Waals surface area contributed by atoms with E-state index in [-0.39, 0.29) is 36.9 Å². The Hall–Kier alpha value is -1.89. The number of nitrogens with one attached hydrogen (secondary N) is 1. The Bertz CT molecular complexity index is 648. The fourth-order valence-corrected chi connectivity index (χ4v) is 4.81. The van der Waals surface area contributed by atoms with Gasteiger partial charge in [-0.05, 0) is 25.2 Å². The van der Waals surface area contributed by atoms with Crippen LogP contribution < -0.4 is 5.32 Å². The number of allylic oxidation sites excluding steroid dienone is 1. The van der Waals surface area contributed by atoms with Gasteiger partial charge in [0.05, 0.1) is 31.1 Å². The zero-order valence-electron chi connectivity index (χ0n) is 19.0. The fourth-order valence-electron chi connectivity index (χ4n) is 4.81. The molecule has 1 fully saturated rings. The molecule has 1 aliphatic heterocycles. The molecule has 2 N–H and O–H groups in total. The van der Waals surface area contributed by atoms with E-state index in [1.54, 1.807) is 11.8 Å². The van der Waals surface area contributed by atoms with E-state index in [9.17, 15) is 19.5 Å². The third-order valence-electron chi connectivity index (χ3n) is 6.43. The van der Waals surface area contributed by atoms with Gasteiger partial charge in [0.15, 0.2) is 0 Å². The topological polar surface area (TPSA) is 95.9 Å². The van der Waals surface area contributed by atoms with Gasteiger partial charge in [0, 0.05) is 12.5 Å². The average molecular weight is 423 g/mol. The number of nitrogens with zero attached hydrogens (tertiary/aromatic N) is 1. The van der Waals surface area contributed by atoms with Crippen molar-refractivity contribution in [2.75, 3.05) is 19.8 Å². The molecular weight excluding hydrogens is 384 g/mol. The second kappa shape index (κ2) is 10.9. The quantitative estimate of drug-likeness (QED) is 0.319. The van der Waals surface area contributed by atoms with Crippen LogP contribution in [0.15, 0.2) is 12.2 Å². The van der Waals surface area contributed by atoms with Crippen LogP contribution in [0.2, 0.25) is 0 Å². The van der Waals surface area contributed by atoms with Gasteiger partial charge < -0.3 is 20.1 Å². The lowest BCUT2D eigenvalue weighted by Gasteiger charge is -2.35. The van der Waals surface area contributed by atoms with Crippen LogP contribution in [0.4, 0.5) is 0 Å². The second-order valence-corrected chi connectivity index (χ2v) is 8.81. The summed E-state index contributed by atoms with van der Waals surface area (Å²) in [5, 5.41) is 13.0. The Balaban J connectivity index is 2.40. The maximum Gasteiger partial charge on any atom is 0.310 e. The van der Waals surface area contributed by atoms with Crippen molar-refractivity contribution in [3.63, 3.8) is 0 Å². The largest absolute Gasteiger partial charge is 0.466 e. The Kier molecular flexibility index (Phi) is 8.89. The first-order chi connectivity index (χ1) is 14.3. The lowest BCUT2D eigenvalue weighted by atomic mass is 9.70. The summed E-state index contributed by atoms with van der Waals surface area (Å²) in [5.41, 5.74) is 0. The molecule has 2 aliphatic rings.